The second-order valence-electron chi connectivity index (χ2n) is 7.88. The van der Waals surface area contributed by atoms with E-state index in [9.17, 15) is 9.59 Å². The fraction of sp³-hybridized carbons (Fsp3) is 0.381. The van der Waals surface area contributed by atoms with Crippen molar-refractivity contribution in [3.8, 4) is 5.75 Å². The number of nitrogens with one attached hydrogen (secondary N) is 1. The molecule has 1 atom stereocenters. The minimum atomic E-state index is -0.583. The number of benzene rings is 1. The highest BCUT2D eigenvalue weighted by atomic mass is 16.6. The summed E-state index contributed by atoms with van der Waals surface area (Å²) in [6, 6.07) is 6.87. The summed E-state index contributed by atoms with van der Waals surface area (Å²) in [6.45, 7) is 4.81. The molecular formula is C21H24N4O5. The monoisotopic (exact) mass is 412 g/mol. The SMILES string of the molecule is Cn1cc(NCCO[C@H]2Cc3cc4ccc(=O)oc4cc3OC2(C)C)c(C(N)=O)n1. The number of rotatable bonds is 6. The predicted molar refractivity (Wildman–Crippen MR) is 111 cm³/mol. The number of nitrogens with two attached hydrogens (primary N) is 1. The molecule has 30 heavy (non-hydrogen) atoms. The lowest BCUT2D eigenvalue weighted by Gasteiger charge is -2.39. The zero-order chi connectivity index (χ0) is 21.5. The first-order valence-corrected chi connectivity index (χ1v) is 9.67. The molecule has 3 N–H and O–H groups in total. The highest BCUT2D eigenvalue weighted by Gasteiger charge is 2.38. The number of fused-ring (bicyclic) bond motifs is 2. The van der Waals surface area contributed by atoms with Crippen molar-refractivity contribution in [3.05, 3.63) is 52.1 Å². The number of anilines is 1. The van der Waals surface area contributed by atoms with E-state index in [1.165, 1.54) is 10.7 Å². The maximum Gasteiger partial charge on any atom is 0.336 e. The van der Waals surface area contributed by atoms with Crippen molar-refractivity contribution in [3.63, 3.8) is 0 Å². The molecule has 158 valence electrons. The largest absolute Gasteiger partial charge is 0.485 e. The van der Waals surface area contributed by atoms with Gasteiger partial charge < -0.3 is 24.9 Å². The zero-order valence-corrected chi connectivity index (χ0v) is 17.1. The quantitative estimate of drug-likeness (QED) is 0.468. The molecule has 0 spiro atoms. The highest BCUT2D eigenvalue weighted by Crippen LogP contribution is 2.37. The summed E-state index contributed by atoms with van der Waals surface area (Å²) < 4.78 is 19.1. The van der Waals surface area contributed by atoms with Gasteiger partial charge in [0.2, 0.25) is 0 Å². The summed E-state index contributed by atoms with van der Waals surface area (Å²) in [4.78, 5) is 22.9. The van der Waals surface area contributed by atoms with E-state index in [4.69, 9.17) is 19.6 Å². The first kappa shape index (κ1) is 20.0. The van der Waals surface area contributed by atoms with Crippen molar-refractivity contribution in [1.82, 2.24) is 9.78 Å². The van der Waals surface area contributed by atoms with E-state index >= 15 is 0 Å². The Morgan fingerprint density at radius 2 is 2.20 bits per heavy atom. The van der Waals surface area contributed by atoms with E-state index in [0.717, 1.165) is 10.9 Å². The van der Waals surface area contributed by atoms with Crippen molar-refractivity contribution in [1.29, 1.82) is 0 Å². The van der Waals surface area contributed by atoms with Crippen LogP contribution in [0.5, 0.6) is 5.75 Å². The number of ether oxygens (including phenoxy) is 2. The van der Waals surface area contributed by atoms with E-state index < -0.39 is 11.5 Å². The third kappa shape index (κ3) is 3.88. The Labute approximate surface area is 172 Å². The molecule has 2 aromatic heterocycles. The zero-order valence-electron chi connectivity index (χ0n) is 17.1. The smallest absolute Gasteiger partial charge is 0.336 e. The Balaban J connectivity index is 1.43. The van der Waals surface area contributed by atoms with Crippen molar-refractivity contribution >= 4 is 22.6 Å². The van der Waals surface area contributed by atoms with E-state index in [2.05, 4.69) is 10.4 Å². The average molecular weight is 412 g/mol. The first-order chi connectivity index (χ1) is 14.2. The van der Waals surface area contributed by atoms with Crippen LogP contribution in [0.1, 0.15) is 29.9 Å². The van der Waals surface area contributed by atoms with Gasteiger partial charge in [0, 0.05) is 43.7 Å². The van der Waals surface area contributed by atoms with Crippen molar-refractivity contribution in [2.45, 2.75) is 32.0 Å². The van der Waals surface area contributed by atoms with Crippen LogP contribution in [0.3, 0.4) is 0 Å². The molecule has 0 saturated heterocycles. The molecule has 1 aromatic carbocycles. The Kier molecular flexibility index (Phi) is 4.98. The lowest BCUT2D eigenvalue weighted by Crippen LogP contribution is -2.48. The van der Waals surface area contributed by atoms with Gasteiger partial charge in [0.25, 0.3) is 5.91 Å². The minimum absolute atomic E-state index is 0.176. The van der Waals surface area contributed by atoms with Crippen LogP contribution in [-0.2, 0) is 18.2 Å². The molecule has 1 aliphatic heterocycles. The maximum absolute atomic E-state index is 11.5. The van der Waals surface area contributed by atoms with Crippen molar-refractivity contribution < 1.29 is 18.7 Å². The molecule has 3 aromatic rings. The van der Waals surface area contributed by atoms with Gasteiger partial charge in [-0.2, -0.15) is 5.10 Å². The number of aryl methyl sites for hydroxylation is 1. The molecular weight excluding hydrogens is 388 g/mol. The second-order valence-corrected chi connectivity index (χ2v) is 7.88. The Morgan fingerprint density at radius 1 is 1.40 bits per heavy atom. The predicted octanol–water partition coefficient (Wildman–Crippen LogP) is 1.84. The van der Waals surface area contributed by atoms with Crippen LogP contribution in [0.15, 0.2) is 39.7 Å². The fourth-order valence-electron chi connectivity index (χ4n) is 3.64. The average Bonchev–Trinajstić information content (AvgIpc) is 3.04. The summed E-state index contributed by atoms with van der Waals surface area (Å²) in [6.07, 6.45) is 2.19. The number of hydrogen-bond donors (Lipinski definition) is 2. The third-order valence-electron chi connectivity index (χ3n) is 5.15. The summed E-state index contributed by atoms with van der Waals surface area (Å²) in [5, 5.41) is 8.03. The Morgan fingerprint density at radius 3 is 2.97 bits per heavy atom. The summed E-state index contributed by atoms with van der Waals surface area (Å²) >= 11 is 0. The maximum atomic E-state index is 11.5. The summed E-state index contributed by atoms with van der Waals surface area (Å²) in [7, 11) is 1.72. The van der Waals surface area contributed by atoms with Crippen LogP contribution < -0.4 is 21.4 Å². The van der Waals surface area contributed by atoms with Gasteiger partial charge in [-0.15, -0.1) is 0 Å². The topological polar surface area (TPSA) is 122 Å². The van der Waals surface area contributed by atoms with Gasteiger partial charge in [-0.25, -0.2) is 4.79 Å². The minimum Gasteiger partial charge on any atom is -0.485 e. The molecule has 4 rings (SSSR count). The second kappa shape index (κ2) is 7.49. The number of carbonyl (C=O) groups is 1. The number of carbonyl (C=O) groups excluding carboxylic acids is 1. The number of primary amides is 1. The standard InChI is InChI=1S/C21H24N4O5/c1-21(2)17(28-7-6-23-14-11-25(3)24-19(14)20(22)27)9-13-8-12-4-5-18(26)29-15(12)10-16(13)30-21/h4-5,8,10-11,17,23H,6-7,9H2,1-3H3,(H2,22,27)/t17-/m0/s1. The molecule has 0 bridgehead atoms. The molecule has 1 aliphatic rings. The highest BCUT2D eigenvalue weighted by molar-refractivity contribution is 5.96. The van der Waals surface area contributed by atoms with E-state index in [0.29, 0.717) is 36.6 Å². The van der Waals surface area contributed by atoms with E-state index in [1.807, 2.05) is 19.9 Å². The molecule has 0 saturated carbocycles. The van der Waals surface area contributed by atoms with Crippen molar-refractivity contribution in [2.24, 2.45) is 12.8 Å². The molecule has 0 fully saturated rings. The molecule has 0 unspecified atom stereocenters. The summed E-state index contributed by atoms with van der Waals surface area (Å²) in [5.41, 5.74) is 6.67. The van der Waals surface area contributed by atoms with Crippen LogP contribution in [0.2, 0.25) is 0 Å². The van der Waals surface area contributed by atoms with Gasteiger partial charge in [-0.05, 0) is 31.5 Å². The molecule has 1 amide bonds. The van der Waals surface area contributed by atoms with Gasteiger partial charge in [0.1, 0.15) is 23.0 Å². The third-order valence-corrected chi connectivity index (χ3v) is 5.15. The molecule has 3 heterocycles. The molecule has 9 nitrogen and oxygen atoms in total. The molecule has 0 aliphatic carbocycles. The van der Waals surface area contributed by atoms with Gasteiger partial charge in [-0.3, -0.25) is 9.48 Å². The molecule has 9 heteroatoms. The lowest BCUT2D eigenvalue weighted by molar-refractivity contribution is -0.0807. The van der Waals surface area contributed by atoms with Crippen LogP contribution in [0.4, 0.5) is 5.69 Å². The van der Waals surface area contributed by atoms with Crippen LogP contribution in [-0.4, -0.2) is 40.5 Å². The van der Waals surface area contributed by atoms with Gasteiger partial charge in [-0.1, -0.05) is 0 Å². The van der Waals surface area contributed by atoms with Gasteiger partial charge in [0.05, 0.1) is 12.3 Å². The van der Waals surface area contributed by atoms with Crippen molar-refractivity contribution in [2.75, 3.05) is 18.5 Å². The number of amides is 1. The van der Waals surface area contributed by atoms with Crippen LogP contribution >= 0.6 is 0 Å². The van der Waals surface area contributed by atoms with Gasteiger partial charge in [0.15, 0.2) is 5.69 Å². The van der Waals surface area contributed by atoms with Crippen LogP contribution in [0, 0.1) is 0 Å². The first-order valence-electron chi connectivity index (χ1n) is 9.67. The fourth-order valence-corrected chi connectivity index (χ4v) is 3.64. The van der Waals surface area contributed by atoms with Gasteiger partial charge >= 0.3 is 5.63 Å². The number of nitrogens with zero attached hydrogens (tertiary/aromatic N) is 2. The Hall–Kier alpha value is -3.33. The normalized spacial score (nSPS) is 17.4. The van der Waals surface area contributed by atoms with Crippen LogP contribution in [0.25, 0.3) is 11.0 Å². The number of aromatic nitrogens is 2. The van der Waals surface area contributed by atoms with E-state index in [1.54, 1.807) is 25.4 Å². The van der Waals surface area contributed by atoms with E-state index in [-0.39, 0.29) is 17.4 Å². The lowest BCUT2D eigenvalue weighted by atomic mass is 9.90. The number of hydrogen-bond acceptors (Lipinski definition) is 7. The Bertz CT molecular complexity index is 1160. The molecule has 0 radical (unpaired) electrons. The summed E-state index contributed by atoms with van der Waals surface area (Å²) in [5.74, 6) is 0.113.